The van der Waals surface area contributed by atoms with Crippen LogP contribution < -0.4 is 5.32 Å². The zero-order chi connectivity index (χ0) is 24.5. The van der Waals surface area contributed by atoms with Gasteiger partial charge in [0.2, 0.25) is 5.91 Å². The molecule has 3 N–H and O–H groups in total. The summed E-state index contributed by atoms with van der Waals surface area (Å²) >= 11 is 0. The second kappa shape index (κ2) is 8.99. The van der Waals surface area contributed by atoms with Crippen LogP contribution in [-0.4, -0.2) is 46.0 Å². The molecule has 176 valence electrons. The van der Waals surface area contributed by atoms with Gasteiger partial charge in [-0.05, 0) is 42.8 Å². The molecule has 0 aliphatic carbocycles. The first-order valence-electron chi connectivity index (χ1n) is 11.6. The lowest BCUT2D eigenvalue weighted by molar-refractivity contribution is -0.116. The van der Waals surface area contributed by atoms with Gasteiger partial charge in [0.05, 0.1) is 34.3 Å². The van der Waals surface area contributed by atoms with Crippen molar-refractivity contribution in [2.45, 2.75) is 19.8 Å². The van der Waals surface area contributed by atoms with Crippen molar-refractivity contribution in [1.29, 1.82) is 0 Å². The summed E-state index contributed by atoms with van der Waals surface area (Å²) in [5, 5.41) is 10.4. The SMILES string of the molecule is CCCC(=O)Nc1cncc(-c2ccc3[nH]nc(-c4nc5c(-c6ccccn6)nccc5[nH]4)c3n2)c1. The molecule has 0 aliphatic heterocycles. The number of hydrogen-bond acceptors (Lipinski definition) is 7. The van der Waals surface area contributed by atoms with Crippen LogP contribution in [0.2, 0.25) is 0 Å². The van der Waals surface area contributed by atoms with Gasteiger partial charge in [-0.3, -0.25) is 24.8 Å². The monoisotopic (exact) mass is 475 g/mol. The molecule has 0 saturated heterocycles. The Morgan fingerprint density at radius 1 is 0.917 bits per heavy atom. The molecule has 6 heterocycles. The highest BCUT2D eigenvalue weighted by molar-refractivity contribution is 5.95. The first-order chi connectivity index (χ1) is 17.7. The van der Waals surface area contributed by atoms with Gasteiger partial charge >= 0.3 is 0 Å². The summed E-state index contributed by atoms with van der Waals surface area (Å²) in [5.74, 6) is 0.534. The van der Waals surface area contributed by atoms with Crippen molar-refractivity contribution in [3.05, 3.63) is 67.3 Å². The minimum absolute atomic E-state index is 0.0403. The maximum atomic E-state index is 12.0. The number of hydrogen-bond donors (Lipinski definition) is 3. The van der Waals surface area contributed by atoms with Crippen molar-refractivity contribution in [2.75, 3.05) is 5.32 Å². The van der Waals surface area contributed by atoms with E-state index in [1.165, 1.54) is 0 Å². The molecule has 0 bridgehead atoms. The fourth-order valence-electron chi connectivity index (χ4n) is 4.06. The van der Waals surface area contributed by atoms with Crippen LogP contribution in [0.1, 0.15) is 19.8 Å². The van der Waals surface area contributed by atoms with Crippen molar-refractivity contribution in [1.82, 2.24) is 40.1 Å². The molecule has 10 nitrogen and oxygen atoms in total. The van der Waals surface area contributed by atoms with Gasteiger partial charge in [-0.25, -0.2) is 9.97 Å². The van der Waals surface area contributed by atoms with Crippen LogP contribution in [0.5, 0.6) is 0 Å². The minimum Gasteiger partial charge on any atom is -0.336 e. The van der Waals surface area contributed by atoms with E-state index in [1.807, 2.05) is 49.4 Å². The predicted molar refractivity (Wildman–Crippen MR) is 137 cm³/mol. The summed E-state index contributed by atoms with van der Waals surface area (Å²) in [6.45, 7) is 1.97. The quantitative estimate of drug-likeness (QED) is 0.316. The van der Waals surface area contributed by atoms with E-state index in [0.29, 0.717) is 46.0 Å². The molecule has 1 amide bonds. The lowest BCUT2D eigenvalue weighted by atomic mass is 10.1. The maximum absolute atomic E-state index is 12.0. The Labute approximate surface area is 205 Å². The van der Waals surface area contributed by atoms with Crippen molar-refractivity contribution in [2.24, 2.45) is 0 Å². The number of carbonyl (C=O) groups is 1. The summed E-state index contributed by atoms with van der Waals surface area (Å²) in [6, 6.07) is 13.2. The number of H-pyrrole nitrogens is 2. The number of nitrogens with one attached hydrogen (secondary N) is 3. The molecule has 0 unspecified atom stereocenters. The molecule has 0 aliphatic rings. The third-order valence-corrected chi connectivity index (χ3v) is 5.74. The first-order valence-corrected chi connectivity index (χ1v) is 11.6. The van der Waals surface area contributed by atoms with Crippen molar-refractivity contribution in [3.8, 4) is 34.2 Å². The molecule has 0 atom stereocenters. The van der Waals surface area contributed by atoms with E-state index in [4.69, 9.17) is 9.97 Å². The van der Waals surface area contributed by atoms with Crippen molar-refractivity contribution >= 4 is 33.7 Å². The van der Waals surface area contributed by atoms with Gasteiger partial charge < -0.3 is 10.3 Å². The van der Waals surface area contributed by atoms with Crippen molar-refractivity contribution in [3.63, 3.8) is 0 Å². The van der Waals surface area contributed by atoms with Crippen LogP contribution in [0.4, 0.5) is 5.69 Å². The van der Waals surface area contributed by atoms with Gasteiger partial charge in [0, 0.05) is 30.6 Å². The van der Waals surface area contributed by atoms with Crippen LogP contribution in [0, 0.1) is 0 Å². The van der Waals surface area contributed by atoms with E-state index in [2.05, 4.69) is 35.5 Å². The van der Waals surface area contributed by atoms with Gasteiger partial charge in [-0.15, -0.1) is 0 Å². The number of rotatable bonds is 6. The largest absolute Gasteiger partial charge is 0.336 e. The number of aromatic nitrogens is 8. The van der Waals surface area contributed by atoms with Gasteiger partial charge in [0.1, 0.15) is 16.7 Å². The Balaban J connectivity index is 1.40. The van der Waals surface area contributed by atoms with E-state index < -0.39 is 0 Å². The lowest BCUT2D eigenvalue weighted by Gasteiger charge is -2.06. The van der Waals surface area contributed by atoms with Crippen molar-refractivity contribution < 1.29 is 4.79 Å². The molecule has 36 heavy (non-hydrogen) atoms. The third kappa shape index (κ3) is 3.94. The molecule has 10 heteroatoms. The molecular formula is C26H21N9O. The number of fused-ring (bicyclic) bond motifs is 2. The Hall–Kier alpha value is -4.99. The van der Waals surface area contributed by atoms with Crippen LogP contribution in [0.25, 0.3) is 56.2 Å². The average molecular weight is 476 g/mol. The van der Waals surface area contributed by atoms with E-state index in [-0.39, 0.29) is 5.91 Å². The Bertz CT molecular complexity index is 1710. The van der Waals surface area contributed by atoms with Gasteiger partial charge in [0.25, 0.3) is 0 Å². The normalized spacial score (nSPS) is 11.2. The van der Waals surface area contributed by atoms with Gasteiger partial charge in [-0.2, -0.15) is 5.10 Å². The van der Waals surface area contributed by atoms with Gasteiger partial charge in [0.15, 0.2) is 11.5 Å². The molecular weight excluding hydrogens is 454 g/mol. The van der Waals surface area contributed by atoms with E-state index in [1.54, 1.807) is 24.8 Å². The molecule has 6 aromatic rings. The van der Waals surface area contributed by atoms with Crippen LogP contribution in [-0.2, 0) is 4.79 Å². The summed E-state index contributed by atoms with van der Waals surface area (Å²) < 4.78 is 0. The summed E-state index contributed by atoms with van der Waals surface area (Å²) in [4.78, 5) is 38.2. The third-order valence-electron chi connectivity index (χ3n) is 5.74. The van der Waals surface area contributed by atoms with Gasteiger partial charge in [-0.1, -0.05) is 13.0 Å². The smallest absolute Gasteiger partial charge is 0.224 e. The Kier molecular flexibility index (Phi) is 5.38. The summed E-state index contributed by atoms with van der Waals surface area (Å²) in [5.41, 5.74) is 7.12. The Morgan fingerprint density at radius 2 is 1.83 bits per heavy atom. The predicted octanol–water partition coefficient (Wildman–Crippen LogP) is 4.76. The van der Waals surface area contributed by atoms with Crippen LogP contribution in [0.15, 0.2) is 67.3 Å². The molecule has 6 aromatic heterocycles. The topological polar surface area (TPSA) is 138 Å². The number of imidazole rings is 1. The van der Waals surface area contributed by atoms with Crippen LogP contribution in [0.3, 0.4) is 0 Å². The first kappa shape index (κ1) is 21.5. The second-order valence-corrected chi connectivity index (χ2v) is 8.28. The average Bonchev–Trinajstić information content (AvgIpc) is 3.53. The van der Waals surface area contributed by atoms with E-state index >= 15 is 0 Å². The summed E-state index contributed by atoms with van der Waals surface area (Å²) in [7, 11) is 0. The zero-order valence-corrected chi connectivity index (χ0v) is 19.4. The number of carbonyl (C=O) groups excluding carboxylic acids is 1. The second-order valence-electron chi connectivity index (χ2n) is 8.28. The highest BCUT2D eigenvalue weighted by atomic mass is 16.1. The number of aromatic amines is 2. The summed E-state index contributed by atoms with van der Waals surface area (Å²) in [6.07, 6.45) is 8.04. The maximum Gasteiger partial charge on any atom is 0.224 e. The molecule has 0 fully saturated rings. The number of nitrogens with zero attached hydrogens (tertiary/aromatic N) is 6. The zero-order valence-electron chi connectivity index (χ0n) is 19.4. The Morgan fingerprint density at radius 3 is 2.69 bits per heavy atom. The van der Waals surface area contributed by atoms with E-state index in [9.17, 15) is 4.79 Å². The fraction of sp³-hybridized carbons (Fsp3) is 0.115. The number of amides is 1. The number of pyridine rings is 4. The fourth-order valence-corrected chi connectivity index (χ4v) is 4.06. The molecule has 0 spiro atoms. The minimum atomic E-state index is -0.0403. The lowest BCUT2D eigenvalue weighted by Crippen LogP contribution is -2.10. The molecule has 0 radical (unpaired) electrons. The number of anilines is 1. The van der Waals surface area contributed by atoms with E-state index in [0.717, 1.165) is 28.7 Å². The van der Waals surface area contributed by atoms with Crippen LogP contribution >= 0.6 is 0 Å². The highest BCUT2D eigenvalue weighted by Gasteiger charge is 2.18. The molecule has 6 rings (SSSR count). The molecule has 0 aromatic carbocycles. The molecule has 0 saturated carbocycles. The standard InChI is InChI=1S/C26H21N9O/c1-2-5-21(36)30-16-12-15(13-27-14-16)17-7-8-20-24(31-17)25(35-34-20)26-32-19-9-11-29-22(23(19)33-26)18-6-3-4-10-28-18/h3-4,6-14H,2,5H2,1H3,(H,30,36)(H,32,33)(H,34,35). The highest BCUT2D eigenvalue weighted by Crippen LogP contribution is 2.30.